The van der Waals surface area contributed by atoms with Crippen molar-refractivity contribution < 1.29 is 19.4 Å². The predicted molar refractivity (Wildman–Crippen MR) is 116 cm³/mol. The molecule has 0 spiro atoms. The average molecular weight is 416 g/mol. The Labute approximate surface area is 176 Å². The first-order valence-corrected chi connectivity index (χ1v) is 11.2. The number of nitrogens with one attached hydrogen (secondary N) is 1. The molecule has 1 atom stereocenters. The molecule has 1 heterocycles. The van der Waals surface area contributed by atoms with Crippen molar-refractivity contribution in [2.24, 2.45) is 5.41 Å². The number of esters is 1. The number of dihydropyridines is 1. The number of phenols is 1. The van der Waals surface area contributed by atoms with Crippen LogP contribution in [0.2, 0.25) is 0 Å². The average Bonchev–Trinajstić information content (AvgIpc) is 2.63. The van der Waals surface area contributed by atoms with Crippen LogP contribution < -0.4 is 5.32 Å². The summed E-state index contributed by atoms with van der Waals surface area (Å²) in [4.78, 5) is 26.2. The molecule has 1 aromatic carbocycles. The van der Waals surface area contributed by atoms with Gasteiger partial charge in [-0.05, 0) is 42.2 Å². The van der Waals surface area contributed by atoms with Gasteiger partial charge in [-0.1, -0.05) is 32.9 Å². The van der Waals surface area contributed by atoms with Crippen molar-refractivity contribution in [3.8, 4) is 5.75 Å². The smallest absolute Gasteiger partial charge is 0.336 e. The lowest BCUT2D eigenvalue weighted by molar-refractivity contribution is -0.138. The van der Waals surface area contributed by atoms with Crippen molar-refractivity contribution in [1.29, 1.82) is 0 Å². The predicted octanol–water partition coefficient (Wildman–Crippen LogP) is 4.29. The van der Waals surface area contributed by atoms with Crippen LogP contribution in [0.4, 0.5) is 0 Å². The Morgan fingerprint density at radius 1 is 1.34 bits per heavy atom. The first-order valence-electron chi connectivity index (χ1n) is 10.0. The van der Waals surface area contributed by atoms with Gasteiger partial charge in [-0.15, -0.1) is 0 Å². The fourth-order valence-corrected chi connectivity index (χ4v) is 4.65. The molecule has 0 unspecified atom stereocenters. The van der Waals surface area contributed by atoms with Gasteiger partial charge in [-0.3, -0.25) is 4.79 Å². The summed E-state index contributed by atoms with van der Waals surface area (Å²) >= 11 is 1.71. The van der Waals surface area contributed by atoms with E-state index in [1.54, 1.807) is 30.0 Å². The number of thioether (sulfide) groups is 1. The summed E-state index contributed by atoms with van der Waals surface area (Å²) in [5.74, 6) is 0.901. The van der Waals surface area contributed by atoms with Gasteiger partial charge in [-0.25, -0.2) is 4.79 Å². The monoisotopic (exact) mass is 415 g/mol. The van der Waals surface area contributed by atoms with Gasteiger partial charge >= 0.3 is 5.97 Å². The van der Waals surface area contributed by atoms with Crippen LogP contribution in [-0.2, 0) is 14.3 Å². The highest BCUT2D eigenvalue weighted by Gasteiger charge is 2.43. The van der Waals surface area contributed by atoms with Crippen LogP contribution in [-0.4, -0.2) is 35.0 Å². The Morgan fingerprint density at radius 3 is 2.79 bits per heavy atom. The summed E-state index contributed by atoms with van der Waals surface area (Å²) in [6.07, 6.45) is 1.16. The number of Topliss-reactive ketones (excluding diaryl/α,β-unsaturated/α-hetero) is 1. The summed E-state index contributed by atoms with van der Waals surface area (Å²) < 4.78 is 5.54. The molecule has 156 valence electrons. The lowest BCUT2D eigenvalue weighted by Crippen LogP contribution is -2.38. The zero-order chi connectivity index (χ0) is 21.2. The Bertz CT molecular complexity index is 885. The normalized spacial score (nSPS) is 21.0. The van der Waals surface area contributed by atoms with Crippen molar-refractivity contribution in [2.45, 2.75) is 46.5 Å². The van der Waals surface area contributed by atoms with E-state index in [1.807, 2.05) is 13.0 Å². The topological polar surface area (TPSA) is 75.6 Å². The molecule has 1 aromatic rings. The minimum atomic E-state index is -0.534. The van der Waals surface area contributed by atoms with Crippen LogP contribution in [0.15, 0.2) is 46.8 Å². The number of carbonyl (C=O) groups is 2. The van der Waals surface area contributed by atoms with Crippen molar-refractivity contribution in [3.63, 3.8) is 0 Å². The van der Waals surface area contributed by atoms with Gasteiger partial charge in [0.25, 0.3) is 0 Å². The maximum absolute atomic E-state index is 13.1. The molecule has 5 nitrogen and oxygen atoms in total. The summed E-state index contributed by atoms with van der Waals surface area (Å²) in [7, 11) is 0. The number of hydrogen-bond acceptors (Lipinski definition) is 6. The van der Waals surface area contributed by atoms with Gasteiger partial charge in [0.1, 0.15) is 12.4 Å². The number of ether oxygens (including phenoxy) is 1. The molecule has 1 aliphatic heterocycles. The van der Waals surface area contributed by atoms with Gasteiger partial charge in [0.2, 0.25) is 0 Å². The third-order valence-corrected chi connectivity index (χ3v) is 6.19. The van der Waals surface area contributed by atoms with E-state index in [0.717, 1.165) is 29.2 Å². The minimum absolute atomic E-state index is 0.0384. The highest BCUT2D eigenvalue weighted by Crippen LogP contribution is 2.47. The van der Waals surface area contributed by atoms with E-state index in [2.05, 4.69) is 26.1 Å². The van der Waals surface area contributed by atoms with E-state index in [1.165, 1.54) is 0 Å². The number of hydrogen-bond donors (Lipinski definition) is 2. The van der Waals surface area contributed by atoms with E-state index >= 15 is 0 Å². The zero-order valence-electron chi connectivity index (χ0n) is 17.5. The fourth-order valence-electron chi connectivity index (χ4n) is 4.16. The summed E-state index contributed by atoms with van der Waals surface area (Å²) in [5, 5.41) is 13.3. The standard InChI is InChI=1S/C23H29NO4S/c1-5-29-10-9-28-22(27)19-14(2)24-17-12-23(3,4)13-18(26)21(17)20(19)15-7-6-8-16(25)11-15/h6-8,11,20,24-25H,5,9-10,12-13H2,1-4H3/t20-/m0/s1. The highest BCUT2D eigenvalue weighted by molar-refractivity contribution is 7.99. The number of benzene rings is 1. The second kappa shape index (κ2) is 8.66. The number of aromatic hydroxyl groups is 1. The number of rotatable bonds is 6. The van der Waals surface area contributed by atoms with E-state index < -0.39 is 11.9 Å². The van der Waals surface area contributed by atoms with Crippen LogP contribution in [0.1, 0.15) is 52.0 Å². The maximum atomic E-state index is 13.1. The zero-order valence-corrected chi connectivity index (χ0v) is 18.3. The SMILES string of the molecule is CCSCCOC(=O)C1=C(C)NC2=C(C(=O)CC(C)(C)C2)[C@H]1c1cccc(O)c1. The van der Waals surface area contributed by atoms with Crippen molar-refractivity contribution in [3.05, 3.63) is 52.4 Å². The van der Waals surface area contributed by atoms with Crippen LogP contribution >= 0.6 is 11.8 Å². The molecular weight excluding hydrogens is 386 g/mol. The lowest BCUT2D eigenvalue weighted by atomic mass is 9.68. The van der Waals surface area contributed by atoms with Crippen molar-refractivity contribution >= 4 is 23.5 Å². The van der Waals surface area contributed by atoms with E-state index in [-0.39, 0.29) is 16.9 Å². The summed E-state index contributed by atoms with van der Waals surface area (Å²) in [6, 6.07) is 6.80. The number of allylic oxidation sites excluding steroid dienone is 3. The van der Waals surface area contributed by atoms with Gasteiger partial charge < -0.3 is 15.2 Å². The molecule has 3 rings (SSSR count). The molecule has 2 N–H and O–H groups in total. The lowest BCUT2D eigenvalue weighted by Gasteiger charge is -2.39. The molecule has 6 heteroatoms. The second-order valence-electron chi connectivity index (χ2n) is 8.36. The Kier molecular flexibility index (Phi) is 6.42. The number of phenolic OH excluding ortho intramolecular Hbond substituents is 1. The van der Waals surface area contributed by atoms with Gasteiger partial charge in [0, 0.05) is 35.1 Å². The Balaban J connectivity index is 2.03. The van der Waals surface area contributed by atoms with Gasteiger partial charge in [0.15, 0.2) is 5.78 Å². The number of carbonyl (C=O) groups excluding carboxylic acids is 2. The molecule has 0 saturated carbocycles. The van der Waals surface area contributed by atoms with Crippen LogP contribution in [0, 0.1) is 5.41 Å². The third kappa shape index (κ3) is 4.69. The fraction of sp³-hybridized carbons (Fsp3) is 0.478. The minimum Gasteiger partial charge on any atom is -0.508 e. The first kappa shape index (κ1) is 21.5. The Morgan fingerprint density at radius 2 is 2.10 bits per heavy atom. The van der Waals surface area contributed by atoms with Crippen LogP contribution in [0.5, 0.6) is 5.75 Å². The largest absolute Gasteiger partial charge is 0.508 e. The van der Waals surface area contributed by atoms with Crippen molar-refractivity contribution in [2.75, 3.05) is 18.1 Å². The van der Waals surface area contributed by atoms with E-state index in [9.17, 15) is 14.7 Å². The number of ketones is 1. The third-order valence-electron chi connectivity index (χ3n) is 5.33. The second-order valence-corrected chi connectivity index (χ2v) is 9.75. The van der Waals surface area contributed by atoms with Gasteiger partial charge in [0.05, 0.1) is 5.57 Å². The molecule has 0 radical (unpaired) electrons. The summed E-state index contributed by atoms with van der Waals surface area (Å²) in [6.45, 7) is 8.39. The van der Waals surface area contributed by atoms with E-state index in [0.29, 0.717) is 29.9 Å². The molecule has 0 amide bonds. The quantitative estimate of drug-likeness (QED) is 0.533. The highest BCUT2D eigenvalue weighted by atomic mass is 32.2. The van der Waals surface area contributed by atoms with Crippen molar-refractivity contribution in [1.82, 2.24) is 5.32 Å². The molecule has 1 aliphatic carbocycles. The van der Waals surface area contributed by atoms with Gasteiger partial charge in [-0.2, -0.15) is 11.8 Å². The van der Waals surface area contributed by atoms with Crippen LogP contribution in [0.3, 0.4) is 0 Å². The molecule has 0 bridgehead atoms. The first-order chi connectivity index (χ1) is 13.7. The molecule has 0 saturated heterocycles. The maximum Gasteiger partial charge on any atom is 0.336 e. The molecular formula is C23H29NO4S. The van der Waals surface area contributed by atoms with E-state index in [4.69, 9.17) is 4.74 Å². The Hall–Kier alpha value is -2.21. The summed E-state index contributed by atoms with van der Waals surface area (Å²) in [5.41, 5.74) is 3.23. The molecule has 0 aromatic heterocycles. The molecule has 2 aliphatic rings. The molecule has 29 heavy (non-hydrogen) atoms. The van der Waals surface area contributed by atoms with Crippen LogP contribution in [0.25, 0.3) is 0 Å². The molecule has 0 fully saturated rings.